The summed E-state index contributed by atoms with van der Waals surface area (Å²) >= 11 is 0. The molecule has 0 aromatic rings. The van der Waals surface area contributed by atoms with Crippen LogP contribution in [0.5, 0.6) is 0 Å². The molecule has 0 aromatic heterocycles. The van der Waals surface area contributed by atoms with Crippen LogP contribution in [-0.4, -0.2) is 20.4 Å². The third-order valence-corrected chi connectivity index (χ3v) is 0. The van der Waals surface area contributed by atoms with Gasteiger partial charge in [-0.15, -0.1) is 0 Å². The third kappa shape index (κ3) is 351. The first-order valence-electron chi connectivity index (χ1n) is 1.68. The van der Waals surface area contributed by atoms with E-state index in [2.05, 4.69) is 13.5 Å². The Labute approximate surface area is 71.7 Å². The minimum Gasteiger partial charge on any atom is -0.307 e. The van der Waals surface area contributed by atoms with Gasteiger partial charge in [0.25, 0.3) is 0 Å². The zero-order valence-corrected chi connectivity index (χ0v) is 6.71. The maximum absolute atomic E-state index is 8.00. The van der Waals surface area contributed by atoms with Crippen LogP contribution >= 0.6 is 0 Å². The molecule has 0 heterocycles. The van der Waals surface area contributed by atoms with Crippen molar-refractivity contribution in [1.82, 2.24) is 0 Å². The van der Waals surface area contributed by atoms with Crippen molar-refractivity contribution < 1.29 is 31.2 Å². The predicted octanol–water partition coefficient (Wildman–Crippen LogP) is 0.449. The van der Waals surface area contributed by atoms with Crippen molar-refractivity contribution in [3.8, 4) is 0 Å². The summed E-state index contributed by atoms with van der Waals surface area (Å²) in [5.74, 6) is 0. The number of allylic oxidation sites excluding steroid dienone is 1. The minimum atomic E-state index is 0. The molecule has 0 saturated heterocycles. The summed E-state index contributed by atoms with van der Waals surface area (Å²) in [7, 11) is 0. The van der Waals surface area contributed by atoms with Gasteiger partial charge in [-0.1, -0.05) is 0 Å². The van der Waals surface area contributed by atoms with Crippen molar-refractivity contribution in [3.63, 3.8) is 0 Å². The summed E-state index contributed by atoms with van der Waals surface area (Å²) < 4.78 is 0. The van der Waals surface area contributed by atoms with Crippen molar-refractivity contribution in [2.75, 3.05) is 0 Å². The maximum atomic E-state index is 8.00. The molecule has 0 aromatic carbocycles. The van der Waals surface area contributed by atoms with Crippen molar-refractivity contribution in [3.05, 3.63) is 19.6 Å². The topological polar surface area (TPSA) is 51.2 Å². The van der Waals surface area contributed by atoms with E-state index in [-0.39, 0.29) is 16.8 Å². The van der Waals surface area contributed by atoms with Crippen LogP contribution in [0, 0.1) is 6.92 Å². The van der Waals surface area contributed by atoms with E-state index in [0.717, 1.165) is 0 Å². The molecule has 0 saturated carbocycles. The van der Waals surface area contributed by atoms with E-state index in [1.165, 1.54) is 6.08 Å². The largest absolute Gasteiger partial charge is 0.307 e. The third-order valence-electron chi connectivity index (χ3n) is 0. The minimum absolute atomic E-state index is 0. The zero-order valence-electron chi connectivity index (χ0n) is 5.67. The normalized spacial score (nSPS) is 2.40. The first kappa shape index (κ1) is 35.4. The molecule has 63 valence electrons. The average Bonchev–Trinajstić information content (AvgIpc) is 2.01. The van der Waals surface area contributed by atoms with Gasteiger partial charge in [0, 0.05) is 16.8 Å². The molecule has 0 aliphatic rings. The SMILES string of the molecule is C=C[CH2-].C=O.C=O.C=O.[Co]. The number of hydrogen-bond donors (Lipinski definition) is 0. The van der Waals surface area contributed by atoms with Crippen LogP contribution in [0.4, 0.5) is 0 Å². The summed E-state index contributed by atoms with van der Waals surface area (Å²) in [6, 6.07) is 0. The molecule has 0 spiro atoms. The number of hydrogen-bond acceptors (Lipinski definition) is 3. The van der Waals surface area contributed by atoms with E-state index in [0.29, 0.717) is 0 Å². The molecule has 3 nitrogen and oxygen atoms in total. The van der Waals surface area contributed by atoms with Crippen LogP contribution in [0.3, 0.4) is 0 Å². The molecule has 0 N–H and O–H groups in total. The van der Waals surface area contributed by atoms with Crippen LogP contribution in [0.1, 0.15) is 0 Å². The molecular formula is C6H11CoO3-. The van der Waals surface area contributed by atoms with Gasteiger partial charge < -0.3 is 14.4 Å². The first-order chi connectivity index (χ1) is 4.41. The second kappa shape index (κ2) is 25800. The molecule has 1 radical (unpaired) electrons. The van der Waals surface area contributed by atoms with Gasteiger partial charge in [-0.2, -0.15) is 0 Å². The molecule has 0 unspecified atom stereocenters. The van der Waals surface area contributed by atoms with Crippen molar-refractivity contribution in [2.45, 2.75) is 0 Å². The Bertz CT molecular complexity index is 37.2. The van der Waals surface area contributed by atoms with E-state index in [1.54, 1.807) is 0 Å². The Hall–Kier alpha value is -0.874. The van der Waals surface area contributed by atoms with Gasteiger partial charge in [-0.05, 0) is 0 Å². The summed E-state index contributed by atoms with van der Waals surface area (Å²) in [4.78, 5) is 24.0. The Morgan fingerprint density at radius 3 is 0.900 bits per heavy atom. The van der Waals surface area contributed by atoms with Gasteiger partial charge in [0.15, 0.2) is 0 Å². The molecule has 0 amide bonds. The van der Waals surface area contributed by atoms with Gasteiger partial charge >= 0.3 is 0 Å². The van der Waals surface area contributed by atoms with E-state index in [4.69, 9.17) is 14.4 Å². The molecule has 10 heavy (non-hydrogen) atoms. The summed E-state index contributed by atoms with van der Waals surface area (Å²) in [6.07, 6.45) is 1.50. The van der Waals surface area contributed by atoms with Gasteiger partial charge in [0.05, 0.1) is 0 Å². The second-order valence-corrected chi connectivity index (χ2v) is 0.289. The molecule has 0 rings (SSSR count). The van der Waals surface area contributed by atoms with Crippen molar-refractivity contribution in [1.29, 1.82) is 0 Å². The molecule has 0 bridgehead atoms. The predicted molar refractivity (Wildman–Crippen MR) is 36.9 cm³/mol. The van der Waals surface area contributed by atoms with Crippen molar-refractivity contribution in [2.24, 2.45) is 0 Å². The van der Waals surface area contributed by atoms with E-state index >= 15 is 0 Å². The standard InChI is InChI=1S/C3H5.3CH2O.Co/c1-3-2;3*1-2;/h3H,1-2H2;3*1H2;/q-1;;;;. The fraction of sp³-hybridized carbons (Fsp3) is 0. The van der Waals surface area contributed by atoms with E-state index in [1.807, 2.05) is 20.4 Å². The Kier molecular flexibility index (Phi) is 91300. The Balaban J connectivity index is -0.0000000110. The van der Waals surface area contributed by atoms with Crippen molar-refractivity contribution >= 4 is 20.4 Å². The van der Waals surface area contributed by atoms with Gasteiger partial charge in [-0.3, -0.25) is 0 Å². The Morgan fingerprint density at radius 2 is 0.900 bits per heavy atom. The zero-order chi connectivity index (χ0) is 8.71. The first-order valence-corrected chi connectivity index (χ1v) is 1.68. The fourth-order valence-electron chi connectivity index (χ4n) is 0. The molecule has 0 atom stereocenters. The van der Waals surface area contributed by atoms with Crippen LogP contribution in [-0.2, 0) is 31.2 Å². The van der Waals surface area contributed by atoms with Gasteiger partial charge in [-0.25, -0.2) is 19.6 Å². The molecule has 0 aliphatic carbocycles. The summed E-state index contributed by atoms with van der Waals surface area (Å²) in [5, 5.41) is 0. The van der Waals surface area contributed by atoms with Gasteiger partial charge in [0.1, 0.15) is 20.4 Å². The van der Waals surface area contributed by atoms with Crippen LogP contribution in [0.15, 0.2) is 12.7 Å². The second-order valence-electron chi connectivity index (χ2n) is 0.289. The maximum Gasteiger partial charge on any atom is 0.106 e. The fourth-order valence-corrected chi connectivity index (χ4v) is 0. The number of rotatable bonds is 0. The number of carbonyl (C=O) groups excluding carboxylic acids is 3. The number of carbonyl (C=O) groups is 3. The molecular weight excluding hydrogens is 179 g/mol. The van der Waals surface area contributed by atoms with Gasteiger partial charge in [0.2, 0.25) is 0 Å². The summed E-state index contributed by atoms with van der Waals surface area (Å²) in [6.45, 7) is 12.5. The molecule has 0 aliphatic heterocycles. The average molecular weight is 190 g/mol. The van der Waals surface area contributed by atoms with Crippen LogP contribution in [0.2, 0.25) is 0 Å². The monoisotopic (exact) mass is 190 g/mol. The van der Waals surface area contributed by atoms with E-state index < -0.39 is 0 Å². The molecule has 0 fully saturated rings. The van der Waals surface area contributed by atoms with Crippen LogP contribution in [0.25, 0.3) is 0 Å². The molecule has 4 heteroatoms. The smallest absolute Gasteiger partial charge is 0.106 e. The van der Waals surface area contributed by atoms with Crippen LogP contribution < -0.4 is 0 Å². The Morgan fingerprint density at radius 1 is 0.900 bits per heavy atom. The summed E-state index contributed by atoms with van der Waals surface area (Å²) in [5.41, 5.74) is 0. The quantitative estimate of drug-likeness (QED) is 0.521. The van der Waals surface area contributed by atoms with E-state index in [9.17, 15) is 0 Å².